The fourth-order valence-corrected chi connectivity index (χ4v) is 4.53. The van der Waals surface area contributed by atoms with Crippen LogP contribution in [0.15, 0.2) is 47.2 Å². The number of halogens is 2. The van der Waals surface area contributed by atoms with Gasteiger partial charge in [0, 0.05) is 16.5 Å². The minimum atomic E-state index is -0.340. The summed E-state index contributed by atoms with van der Waals surface area (Å²) in [4.78, 5) is 18.4. The highest BCUT2D eigenvalue weighted by atomic mass is 35.5. The number of benzene rings is 1. The quantitative estimate of drug-likeness (QED) is 0.433. The Hall–Kier alpha value is -2.19. The van der Waals surface area contributed by atoms with Crippen LogP contribution >= 0.6 is 45.9 Å². The van der Waals surface area contributed by atoms with Crippen LogP contribution in [0.3, 0.4) is 0 Å². The van der Waals surface area contributed by atoms with E-state index in [1.54, 1.807) is 34.2 Å². The summed E-state index contributed by atoms with van der Waals surface area (Å²) in [5.41, 5.74) is 1.99. The van der Waals surface area contributed by atoms with E-state index >= 15 is 0 Å². The fourth-order valence-electron chi connectivity index (χ4n) is 2.49. The number of aryl methyl sites for hydroxylation is 1. The minimum absolute atomic E-state index is 0.289. The second-order valence-electron chi connectivity index (χ2n) is 5.65. The normalized spacial score (nSPS) is 10.9. The highest BCUT2D eigenvalue weighted by molar-refractivity contribution is 7.15. The number of hydrogen-bond acceptors (Lipinski definition) is 5. The molecule has 0 aliphatic carbocycles. The van der Waals surface area contributed by atoms with Crippen LogP contribution in [0.5, 0.6) is 0 Å². The number of hydrogen-bond donors (Lipinski definition) is 1. The highest BCUT2D eigenvalue weighted by Gasteiger charge is 2.17. The summed E-state index contributed by atoms with van der Waals surface area (Å²) in [7, 11) is 0. The lowest BCUT2D eigenvalue weighted by Crippen LogP contribution is -2.15. The van der Waals surface area contributed by atoms with Crippen LogP contribution in [0.2, 0.25) is 10.0 Å². The number of amides is 1. The van der Waals surface area contributed by atoms with Gasteiger partial charge in [0.15, 0.2) is 0 Å². The van der Waals surface area contributed by atoms with E-state index in [-0.39, 0.29) is 10.9 Å². The number of carbonyl (C=O) groups excluding carboxylic acids is 1. The third-order valence-corrected chi connectivity index (χ3v) is 5.95. The molecule has 3 heterocycles. The zero-order chi connectivity index (χ0) is 19.0. The maximum atomic E-state index is 12.6. The molecule has 3 aromatic heterocycles. The zero-order valence-corrected chi connectivity index (χ0v) is 17.1. The Bertz CT molecular complexity index is 1120. The molecule has 27 heavy (non-hydrogen) atoms. The molecule has 0 atom stereocenters. The molecular weight excluding hydrogens is 423 g/mol. The summed E-state index contributed by atoms with van der Waals surface area (Å²) in [5, 5.41) is 12.7. The number of nitrogens with zero attached hydrogens (tertiary/aromatic N) is 3. The van der Waals surface area contributed by atoms with Crippen LogP contribution in [-0.4, -0.2) is 20.7 Å². The minimum Gasteiger partial charge on any atom is -0.306 e. The van der Waals surface area contributed by atoms with Gasteiger partial charge in [0.25, 0.3) is 5.91 Å². The van der Waals surface area contributed by atoms with E-state index in [2.05, 4.69) is 15.4 Å². The topological polar surface area (TPSA) is 59.8 Å². The van der Waals surface area contributed by atoms with Crippen LogP contribution in [0.4, 0.5) is 5.82 Å². The Kier molecular flexibility index (Phi) is 5.01. The lowest BCUT2D eigenvalue weighted by Gasteiger charge is -2.08. The van der Waals surface area contributed by atoms with Gasteiger partial charge in [-0.25, -0.2) is 4.98 Å². The van der Waals surface area contributed by atoms with Crippen molar-refractivity contribution in [2.24, 2.45) is 0 Å². The van der Waals surface area contributed by atoms with Crippen LogP contribution in [0.25, 0.3) is 15.7 Å². The van der Waals surface area contributed by atoms with Gasteiger partial charge in [0.1, 0.15) is 5.82 Å². The van der Waals surface area contributed by atoms with E-state index < -0.39 is 0 Å². The smallest absolute Gasteiger partial charge is 0.258 e. The number of anilines is 1. The first-order valence-electron chi connectivity index (χ1n) is 7.84. The fraction of sp³-hybridized carbons (Fsp3) is 0.0556. The number of nitrogens with one attached hydrogen (secondary N) is 1. The molecule has 5 nitrogen and oxygen atoms in total. The molecule has 0 aliphatic rings. The molecule has 0 saturated carbocycles. The molecule has 1 amide bonds. The van der Waals surface area contributed by atoms with Crippen LogP contribution in [0.1, 0.15) is 16.1 Å². The van der Waals surface area contributed by atoms with E-state index in [4.69, 9.17) is 23.2 Å². The van der Waals surface area contributed by atoms with Gasteiger partial charge in [-0.15, -0.1) is 22.7 Å². The average Bonchev–Trinajstić information content (AvgIpc) is 3.34. The Morgan fingerprint density at radius 3 is 2.78 bits per heavy atom. The molecule has 1 N–H and O–H groups in total. The molecule has 0 saturated heterocycles. The average molecular weight is 435 g/mol. The first-order chi connectivity index (χ1) is 13.0. The van der Waals surface area contributed by atoms with Crippen molar-refractivity contribution in [1.82, 2.24) is 14.8 Å². The van der Waals surface area contributed by atoms with Crippen molar-refractivity contribution in [1.29, 1.82) is 0 Å². The maximum absolute atomic E-state index is 12.6. The van der Waals surface area contributed by atoms with Crippen molar-refractivity contribution in [3.63, 3.8) is 0 Å². The second-order valence-corrected chi connectivity index (χ2v) is 8.28. The summed E-state index contributed by atoms with van der Waals surface area (Å²) < 4.78 is 1.62. The SMILES string of the molecule is Cc1cc(NC(=O)c2ccc(Cl)cc2Cl)n(-c2nc(-c3cccs3)cs2)n1. The third-order valence-electron chi connectivity index (χ3n) is 3.70. The van der Waals surface area contributed by atoms with Gasteiger partial charge in [-0.05, 0) is 36.6 Å². The van der Waals surface area contributed by atoms with Gasteiger partial charge in [0.2, 0.25) is 5.13 Å². The van der Waals surface area contributed by atoms with E-state index in [1.165, 1.54) is 17.4 Å². The number of thiophene rings is 1. The summed E-state index contributed by atoms with van der Waals surface area (Å²) in [6.07, 6.45) is 0. The molecule has 0 bridgehead atoms. The Labute approximate surface area is 173 Å². The van der Waals surface area contributed by atoms with Gasteiger partial charge >= 0.3 is 0 Å². The van der Waals surface area contributed by atoms with Crippen molar-refractivity contribution in [2.75, 3.05) is 5.32 Å². The number of aromatic nitrogens is 3. The van der Waals surface area contributed by atoms with Crippen molar-refractivity contribution in [3.05, 3.63) is 68.5 Å². The standard InChI is InChI=1S/C18H12Cl2N4OS2/c1-10-7-16(22-17(25)12-5-4-11(19)8-13(12)20)24(23-10)18-21-14(9-27-18)15-3-2-6-26-15/h2-9H,1H3,(H,22,25). The molecule has 4 rings (SSSR count). The Morgan fingerprint density at radius 1 is 1.19 bits per heavy atom. The first-order valence-corrected chi connectivity index (χ1v) is 10.4. The second kappa shape index (κ2) is 7.44. The van der Waals surface area contributed by atoms with Crippen molar-refractivity contribution < 1.29 is 4.79 Å². The number of rotatable bonds is 4. The zero-order valence-electron chi connectivity index (χ0n) is 13.9. The van der Waals surface area contributed by atoms with Gasteiger partial charge < -0.3 is 5.32 Å². The molecule has 0 unspecified atom stereocenters. The summed E-state index contributed by atoms with van der Waals surface area (Å²) in [6, 6.07) is 10.5. The summed E-state index contributed by atoms with van der Waals surface area (Å²) in [5.74, 6) is 0.184. The van der Waals surface area contributed by atoms with E-state index in [0.29, 0.717) is 21.5 Å². The molecule has 136 valence electrons. The van der Waals surface area contributed by atoms with Crippen molar-refractivity contribution in [2.45, 2.75) is 6.92 Å². The van der Waals surface area contributed by atoms with Crippen LogP contribution in [-0.2, 0) is 0 Å². The van der Waals surface area contributed by atoms with Gasteiger partial charge in [-0.1, -0.05) is 29.3 Å². The summed E-state index contributed by atoms with van der Waals surface area (Å²) >= 11 is 15.1. The first kappa shape index (κ1) is 18.2. The van der Waals surface area contributed by atoms with Crippen LogP contribution < -0.4 is 5.32 Å². The van der Waals surface area contributed by atoms with E-state index in [9.17, 15) is 4.79 Å². The monoisotopic (exact) mass is 434 g/mol. The molecule has 0 spiro atoms. The molecule has 1 aromatic carbocycles. The summed E-state index contributed by atoms with van der Waals surface area (Å²) in [6.45, 7) is 1.86. The molecule has 4 aromatic rings. The Balaban J connectivity index is 1.64. The molecule has 0 aliphatic heterocycles. The highest BCUT2D eigenvalue weighted by Crippen LogP contribution is 2.29. The predicted molar refractivity (Wildman–Crippen MR) is 112 cm³/mol. The van der Waals surface area contributed by atoms with Gasteiger partial charge in [0.05, 0.1) is 26.9 Å². The predicted octanol–water partition coefficient (Wildman–Crippen LogP) is 5.92. The number of thiazole rings is 1. The van der Waals surface area contributed by atoms with Crippen LogP contribution in [0, 0.1) is 6.92 Å². The molecular formula is C18H12Cl2N4OS2. The van der Waals surface area contributed by atoms with Gasteiger partial charge in [-0.2, -0.15) is 9.78 Å². The number of carbonyl (C=O) groups is 1. The van der Waals surface area contributed by atoms with E-state index in [1.807, 2.05) is 29.8 Å². The molecule has 9 heteroatoms. The maximum Gasteiger partial charge on any atom is 0.258 e. The van der Waals surface area contributed by atoms with Crippen molar-refractivity contribution >= 4 is 57.6 Å². The lowest BCUT2D eigenvalue weighted by molar-refractivity contribution is 0.102. The Morgan fingerprint density at radius 2 is 2.04 bits per heavy atom. The largest absolute Gasteiger partial charge is 0.306 e. The lowest BCUT2D eigenvalue weighted by atomic mass is 10.2. The third kappa shape index (κ3) is 3.77. The van der Waals surface area contributed by atoms with E-state index in [0.717, 1.165) is 16.3 Å². The molecule has 0 radical (unpaired) electrons. The van der Waals surface area contributed by atoms with Crippen molar-refractivity contribution in [3.8, 4) is 15.7 Å². The van der Waals surface area contributed by atoms with Gasteiger partial charge in [-0.3, -0.25) is 4.79 Å². The molecule has 0 fully saturated rings.